The van der Waals surface area contributed by atoms with Crippen molar-refractivity contribution in [3.05, 3.63) is 65.2 Å². The zero-order chi connectivity index (χ0) is 19.3. The molecule has 0 atom stereocenters. The average molecular weight is 352 g/mol. The lowest BCUT2D eigenvalue weighted by molar-refractivity contribution is -0.112. The lowest BCUT2D eigenvalue weighted by atomic mass is 9.86. The number of carbonyl (C=O) groups is 3. The van der Waals surface area contributed by atoms with Crippen LogP contribution in [0.5, 0.6) is 0 Å². The molecule has 0 radical (unpaired) electrons. The van der Waals surface area contributed by atoms with Crippen LogP contribution >= 0.6 is 0 Å². The summed E-state index contributed by atoms with van der Waals surface area (Å²) in [5.74, 6) is -1.49. The summed E-state index contributed by atoms with van der Waals surface area (Å²) < 4.78 is 0. The Morgan fingerprint density at radius 2 is 1.38 bits per heavy atom. The number of anilines is 1. The molecule has 0 unspecified atom stereocenters. The molecule has 2 aromatic rings. The largest absolute Gasteiger partial charge is 0.352 e. The van der Waals surface area contributed by atoms with Crippen molar-refractivity contribution in [2.45, 2.75) is 33.1 Å². The van der Waals surface area contributed by atoms with Gasteiger partial charge in [0.05, 0.1) is 0 Å². The van der Waals surface area contributed by atoms with E-state index in [1.807, 2.05) is 19.1 Å². The first-order chi connectivity index (χ1) is 12.2. The summed E-state index contributed by atoms with van der Waals surface area (Å²) in [7, 11) is 0. The molecule has 2 amide bonds. The number of hydrogen-bond donors (Lipinski definition) is 2. The molecule has 0 saturated carbocycles. The molecule has 0 aromatic heterocycles. The number of hydrogen-bond acceptors (Lipinski definition) is 3. The van der Waals surface area contributed by atoms with Gasteiger partial charge in [-0.2, -0.15) is 0 Å². The van der Waals surface area contributed by atoms with E-state index in [1.54, 1.807) is 36.4 Å². The first kappa shape index (κ1) is 19.4. The van der Waals surface area contributed by atoms with Crippen LogP contribution in [-0.4, -0.2) is 24.1 Å². The Labute approximate surface area is 153 Å². The van der Waals surface area contributed by atoms with Crippen molar-refractivity contribution < 1.29 is 14.4 Å². The predicted octanol–water partition coefficient (Wildman–Crippen LogP) is 3.56. The van der Waals surface area contributed by atoms with E-state index < -0.39 is 11.7 Å². The summed E-state index contributed by atoms with van der Waals surface area (Å²) >= 11 is 0. The number of Topliss-reactive ketones (excluding diaryl/α,β-unsaturated/α-hetero) is 1. The van der Waals surface area contributed by atoms with Gasteiger partial charge in [0.2, 0.25) is 0 Å². The first-order valence-corrected chi connectivity index (χ1v) is 8.57. The summed E-state index contributed by atoms with van der Waals surface area (Å²) in [5.41, 5.74) is 2.37. The van der Waals surface area contributed by atoms with Gasteiger partial charge >= 0.3 is 0 Å². The van der Waals surface area contributed by atoms with E-state index in [2.05, 4.69) is 31.4 Å². The highest BCUT2D eigenvalue weighted by Crippen LogP contribution is 2.22. The lowest BCUT2D eigenvalue weighted by Gasteiger charge is -2.18. The Kier molecular flexibility index (Phi) is 5.93. The average Bonchev–Trinajstić information content (AvgIpc) is 2.61. The molecule has 136 valence electrons. The molecule has 0 saturated heterocycles. The van der Waals surface area contributed by atoms with Crippen LogP contribution in [0.2, 0.25) is 0 Å². The van der Waals surface area contributed by atoms with Gasteiger partial charge in [-0.15, -0.1) is 0 Å². The highest BCUT2D eigenvalue weighted by Gasteiger charge is 2.18. The van der Waals surface area contributed by atoms with Gasteiger partial charge in [0.1, 0.15) is 0 Å². The highest BCUT2D eigenvalue weighted by atomic mass is 16.2. The molecule has 0 heterocycles. The molecule has 2 rings (SSSR count). The Bertz CT molecular complexity index is 801. The fraction of sp³-hybridized carbons (Fsp3) is 0.286. The van der Waals surface area contributed by atoms with Crippen LogP contribution < -0.4 is 10.6 Å². The van der Waals surface area contributed by atoms with Gasteiger partial charge in [0, 0.05) is 23.4 Å². The van der Waals surface area contributed by atoms with E-state index in [0.717, 1.165) is 5.56 Å². The molecular formula is C21H24N2O3. The Balaban J connectivity index is 2.05. The van der Waals surface area contributed by atoms with Gasteiger partial charge in [-0.05, 0) is 42.2 Å². The maximum absolute atomic E-state index is 12.3. The van der Waals surface area contributed by atoms with Crippen LogP contribution in [0, 0.1) is 0 Å². The molecule has 0 bridgehead atoms. The van der Waals surface area contributed by atoms with Gasteiger partial charge in [-0.1, -0.05) is 45.0 Å². The minimum Gasteiger partial charge on any atom is -0.352 e. The summed E-state index contributed by atoms with van der Waals surface area (Å²) in [6.07, 6.45) is 0. The third-order valence-electron chi connectivity index (χ3n) is 3.96. The second kappa shape index (κ2) is 7.95. The smallest absolute Gasteiger partial charge is 0.296 e. The Morgan fingerprint density at radius 1 is 0.846 bits per heavy atom. The normalized spacial score (nSPS) is 10.9. The van der Waals surface area contributed by atoms with Crippen molar-refractivity contribution in [2.75, 3.05) is 11.9 Å². The van der Waals surface area contributed by atoms with E-state index in [9.17, 15) is 14.4 Å². The monoisotopic (exact) mass is 352 g/mol. The van der Waals surface area contributed by atoms with Crippen LogP contribution in [0.4, 0.5) is 5.69 Å². The molecular weight excluding hydrogens is 328 g/mol. The molecule has 5 nitrogen and oxygen atoms in total. The van der Waals surface area contributed by atoms with Crippen LogP contribution in [-0.2, 0) is 10.2 Å². The number of amides is 2. The van der Waals surface area contributed by atoms with Crippen LogP contribution in [0.1, 0.15) is 54.0 Å². The van der Waals surface area contributed by atoms with Gasteiger partial charge in [0.15, 0.2) is 0 Å². The van der Waals surface area contributed by atoms with Crippen molar-refractivity contribution in [2.24, 2.45) is 0 Å². The van der Waals surface area contributed by atoms with E-state index in [0.29, 0.717) is 23.4 Å². The third-order valence-corrected chi connectivity index (χ3v) is 3.96. The van der Waals surface area contributed by atoms with Gasteiger partial charge in [-0.25, -0.2) is 0 Å². The van der Waals surface area contributed by atoms with Crippen LogP contribution in [0.3, 0.4) is 0 Å². The summed E-state index contributed by atoms with van der Waals surface area (Å²) in [6, 6.07) is 13.5. The first-order valence-electron chi connectivity index (χ1n) is 8.57. The van der Waals surface area contributed by atoms with Gasteiger partial charge in [-0.3, -0.25) is 14.4 Å². The quantitative estimate of drug-likeness (QED) is 0.638. The Morgan fingerprint density at radius 3 is 1.88 bits per heavy atom. The van der Waals surface area contributed by atoms with E-state index in [-0.39, 0.29) is 11.3 Å². The van der Waals surface area contributed by atoms with E-state index >= 15 is 0 Å². The number of benzene rings is 2. The number of nitrogens with one attached hydrogen (secondary N) is 2. The number of carbonyl (C=O) groups excluding carboxylic acids is 3. The number of ketones is 1. The standard InChI is InChI=1S/C21H24N2O3/c1-5-22-19(25)15-8-12-17(13-9-15)23-20(26)18(24)14-6-10-16(11-7-14)21(2,3)4/h6-13H,5H2,1-4H3,(H,22,25)(H,23,26). The van der Waals surface area contributed by atoms with E-state index in [4.69, 9.17) is 0 Å². The van der Waals surface area contributed by atoms with Crippen molar-refractivity contribution in [1.29, 1.82) is 0 Å². The maximum Gasteiger partial charge on any atom is 0.296 e. The second-order valence-corrected chi connectivity index (χ2v) is 7.05. The minimum atomic E-state index is -0.709. The molecule has 0 spiro atoms. The minimum absolute atomic E-state index is 0.0182. The fourth-order valence-electron chi connectivity index (χ4n) is 2.41. The molecule has 26 heavy (non-hydrogen) atoms. The predicted molar refractivity (Wildman–Crippen MR) is 103 cm³/mol. The van der Waals surface area contributed by atoms with Crippen molar-refractivity contribution in [1.82, 2.24) is 5.32 Å². The van der Waals surface area contributed by atoms with Gasteiger partial charge in [0.25, 0.3) is 17.6 Å². The molecule has 0 aliphatic carbocycles. The van der Waals surface area contributed by atoms with Crippen molar-refractivity contribution >= 4 is 23.3 Å². The molecule has 0 fully saturated rings. The highest BCUT2D eigenvalue weighted by molar-refractivity contribution is 6.46. The maximum atomic E-state index is 12.3. The zero-order valence-corrected chi connectivity index (χ0v) is 15.6. The summed E-state index contributed by atoms with van der Waals surface area (Å²) in [5, 5.41) is 5.26. The molecule has 2 aromatic carbocycles. The zero-order valence-electron chi connectivity index (χ0n) is 15.6. The topological polar surface area (TPSA) is 75.3 Å². The van der Waals surface area contributed by atoms with Crippen LogP contribution in [0.25, 0.3) is 0 Å². The molecule has 0 aliphatic rings. The van der Waals surface area contributed by atoms with Crippen molar-refractivity contribution in [3.8, 4) is 0 Å². The second-order valence-electron chi connectivity index (χ2n) is 7.05. The molecule has 2 N–H and O–H groups in total. The number of rotatable bonds is 5. The van der Waals surface area contributed by atoms with Gasteiger partial charge < -0.3 is 10.6 Å². The lowest BCUT2D eigenvalue weighted by Crippen LogP contribution is -2.24. The van der Waals surface area contributed by atoms with E-state index in [1.165, 1.54) is 0 Å². The molecule has 0 aliphatic heterocycles. The fourth-order valence-corrected chi connectivity index (χ4v) is 2.41. The summed E-state index contributed by atoms with van der Waals surface area (Å²) in [6.45, 7) is 8.63. The Hall–Kier alpha value is -2.95. The third kappa shape index (κ3) is 4.79. The SMILES string of the molecule is CCNC(=O)c1ccc(NC(=O)C(=O)c2ccc(C(C)(C)C)cc2)cc1. The van der Waals surface area contributed by atoms with Crippen molar-refractivity contribution in [3.63, 3.8) is 0 Å². The summed E-state index contributed by atoms with van der Waals surface area (Å²) in [4.78, 5) is 36.2. The van der Waals surface area contributed by atoms with Crippen LogP contribution in [0.15, 0.2) is 48.5 Å². The molecule has 5 heteroatoms.